The van der Waals surface area contributed by atoms with Crippen LogP contribution in [0, 0.1) is 0 Å². The number of amides is 2. The lowest BCUT2D eigenvalue weighted by Crippen LogP contribution is -2.37. The zero-order valence-electron chi connectivity index (χ0n) is 15.4. The summed E-state index contributed by atoms with van der Waals surface area (Å²) >= 11 is 0. The Hall–Kier alpha value is -2.66. The second kappa shape index (κ2) is 7.92. The molecule has 5 nitrogen and oxygen atoms in total. The quantitative estimate of drug-likeness (QED) is 0.889. The van der Waals surface area contributed by atoms with Gasteiger partial charge in [0.2, 0.25) is 5.91 Å². The van der Waals surface area contributed by atoms with E-state index < -0.39 is 0 Å². The number of nitrogens with one attached hydrogen (secondary N) is 1. The lowest BCUT2D eigenvalue weighted by Gasteiger charge is -2.18. The summed E-state index contributed by atoms with van der Waals surface area (Å²) in [5.41, 5.74) is 2.83. The van der Waals surface area contributed by atoms with Crippen LogP contribution in [0.5, 0.6) is 0 Å². The van der Waals surface area contributed by atoms with Gasteiger partial charge in [0, 0.05) is 49.9 Å². The Bertz CT molecular complexity index is 804. The largest absolute Gasteiger partial charge is 0.348 e. The number of nitrogens with zero attached hydrogens (tertiary/aromatic N) is 2. The number of carbonyl (C=O) groups is 2. The number of carbonyl (C=O) groups excluding carboxylic acids is 2. The summed E-state index contributed by atoms with van der Waals surface area (Å²) in [7, 11) is 0. The van der Waals surface area contributed by atoms with Crippen molar-refractivity contribution < 1.29 is 9.59 Å². The van der Waals surface area contributed by atoms with Gasteiger partial charge in [0.15, 0.2) is 0 Å². The van der Waals surface area contributed by atoms with E-state index in [9.17, 15) is 9.59 Å². The molecule has 0 aromatic heterocycles. The van der Waals surface area contributed by atoms with E-state index in [2.05, 4.69) is 34.5 Å². The molecule has 2 aliphatic rings. The SMILES string of the molecule is O=C(N[C@@H]1CCN(Cc2ccccc2)C1)c1ccc(N2CCCC2=O)cc1. The Balaban J connectivity index is 1.31. The van der Waals surface area contributed by atoms with Crippen molar-refractivity contribution in [1.29, 1.82) is 0 Å². The summed E-state index contributed by atoms with van der Waals surface area (Å²) in [6.07, 6.45) is 2.49. The highest BCUT2D eigenvalue weighted by Gasteiger charge is 2.25. The summed E-state index contributed by atoms with van der Waals surface area (Å²) in [5.74, 6) is 0.123. The Labute approximate surface area is 160 Å². The molecule has 2 fully saturated rings. The third-order valence-corrected chi connectivity index (χ3v) is 5.37. The Morgan fingerprint density at radius 1 is 1.04 bits per heavy atom. The van der Waals surface area contributed by atoms with Crippen molar-refractivity contribution in [2.45, 2.75) is 31.8 Å². The van der Waals surface area contributed by atoms with Crippen LogP contribution in [0.15, 0.2) is 54.6 Å². The zero-order chi connectivity index (χ0) is 18.6. The molecule has 1 N–H and O–H groups in total. The highest BCUT2D eigenvalue weighted by atomic mass is 16.2. The monoisotopic (exact) mass is 363 g/mol. The lowest BCUT2D eigenvalue weighted by atomic mass is 10.1. The molecule has 2 amide bonds. The third-order valence-electron chi connectivity index (χ3n) is 5.37. The molecular formula is C22H25N3O2. The maximum absolute atomic E-state index is 12.6. The molecule has 1 atom stereocenters. The van der Waals surface area contributed by atoms with Gasteiger partial charge in [-0.25, -0.2) is 0 Å². The van der Waals surface area contributed by atoms with Gasteiger partial charge in [0.05, 0.1) is 0 Å². The molecule has 0 saturated carbocycles. The van der Waals surface area contributed by atoms with E-state index in [0.717, 1.165) is 44.7 Å². The van der Waals surface area contributed by atoms with Gasteiger partial charge < -0.3 is 10.2 Å². The molecule has 0 bridgehead atoms. The Morgan fingerprint density at radius 2 is 1.81 bits per heavy atom. The fraction of sp³-hybridized carbons (Fsp3) is 0.364. The van der Waals surface area contributed by atoms with Crippen molar-refractivity contribution >= 4 is 17.5 Å². The summed E-state index contributed by atoms with van der Waals surface area (Å²) in [6.45, 7) is 3.56. The minimum absolute atomic E-state index is 0.0409. The maximum atomic E-state index is 12.6. The van der Waals surface area contributed by atoms with Crippen LogP contribution in [-0.2, 0) is 11.3 Å². The van der Waals surface area contributed by atoms with Crippen LogP contribution in [0.1, 0.15) is 35.2 Å². The summed E-state index contributed by atoms with van der Waals surface area (Å²) in [4.78, 5) is 28.5. The second-order valence-corrected chi connectivity index (χ2v) is 7.38. The molecule has 2 saturated heterocycles. The molecular weight excluding hydrogens is 338 g/mol. The van der Waals surface area contributed by atoms with E-state index in [1.54, 1.807) is 4.90 Å². The third kappa shape index (κ3) is 4.19. The molecule has 0 radical (unpaired) electrons. The first kappa shape index (κ1) is 17.7. The van der Waals surface area contributed by atoms with Crippen molar-refractivity contribution in [3.05, 3.63) is 65.7 Å². The molecule has 2 aromatic carbocycles. The predicted molar refractivity (Wildman–Crippen MR) is 106 cm³/mol. The van der Waals surface area contributed by atoms with Crippen LogP contribution >= 0.6 is 0 Å². The number of rotatable bonds is 5. The second-order valence-electron chi connectivity index (χ2n) is 7.38. The van der Waals surface area contributed by atoms with E-state index in [1.807, 2.05) is 30.3 Å². The van der Waals surface area contributed by atoms with Crippen LogP contribution in [0.3, 0.4) is 0 Å². The van der Waals surface area contributed by atoms with E-state index in [0.29, 0.717) is 12.0 Å². The number of likely N-dealkylation sites (tertiary alicyclic amines) is 1. The summed E-state index contributed by atoms with van der Waals surface area (Å²) < 4.78 is 0. The van der Waals surface area contributed by atoms with Gasteiger partial charge >= 0.3 is 0 Å². The molecule has 140 valence electrons. The van der Waals surface area contributed by atoms with E-state index in [1.165, 1.54) is 5.56 Å². The van der Waals surface area contributed by atoms with Crippen molar-refractivity contribution in [2.24, 2.45) is 0 Å². The van der Waals surface area contributed by atoms with Gasteiger partial charge in [0.25, 0.3) is 5.91 Å². The van der Waals surface area contributed by atoms with Crippen LogP contribution < -0.4 is 10.2 Å². The van der Waals surface area contributed by atoms with Gasteiger partial charge in [-0.1, -0.05) is 30.3 Å². The number of benzene rings is 2. The lowest BCUT2D eigenvalue weighted by molar-refractivity contribution is -0.117. The molecule has 27 heavy (non-hydrogen) atoms. The molecule has 2 aliphatic heterocycles. The highest BCUT2D eigenvalue weighted by Crippen LogP contribution is 2.22. The van der Waals surface area contributed by atoms with Crippen LogP contribution in [0.2, 0.25) is 0 Å². The summed E-state index contributed by atoms with van der Waals surface area (Å²) in [6, 6.07) is 18.0. The van der Waals surface area contributed by atoms with Crippen molar-refractivity contribution in [3.8, 4) is 0 Å². The predicted octanol–water partition coefficient (Wildman–Crippen LogP) is 2.82. The number of anilines is 1. The fourth-order valence-corrected chi connectivity index (χ4v) is 3.92. The summed E-state index contributed by atoms with van der Waals surface area (Å²) in [5, 5.41) is 3.15. The van der Waals surface area contributed by atoms with Crippen LogP contribution in [-0.4, -0.2) is 42.4 Å². The maximum Gasteiger partial charge on any atom is 0.251 e. The van der Waals surface area contributed by atoms with Gasteiger partial charge in [-0.15, -0.1) is 0 Å². The van der Waals surface area contributed by atoms with Gasteiger partial charge in [0.1, 0.15) is 0 Å². The van der Waals surface area contributed by atoms with Crippen LogP contribution in [0.4, 0.5) is 5.69 Å². The van der Waals surface area contributed by atoms with Crippen molar-refractivity contribution in [2.75, 3.05) is 24.5 Å². The van der Waals surface area contributed by atoms with E-state index >= 15 is 0 Å². The average molecular weight is 363 g/mol. The molecule has 0 unspecified atom stereocenters. The number of hydrogen-bond acceptors (Lipinski definition) is 3. The van der Waals surface area contributed by atoms with Crippen LogP contribution in [0.25, 0.3) is 0 Å². The first-order valence-corrected chi connectivity index (χ1v) is 9.66. The smallest absolute Gasteiger partial charge is 0.251 e. The van der Waals surface area contributed by atoms with Gasteiger partial charge in [-0.3, -0.25) is 14.5 Å². The minimum atomic E-state index is -0.0409. The number of hydrogen-bond donors (Lipinski definition) is 1. The Kier molecular flexibility index (Phi) is 5.21. The molecule has 4 rings (SSSR count). The van der Waals surface area contributed by atoms with E-state index in [-0.39, 0.29) is 17.9 Å². The minimum Gasteiger partial charge on any atom is -0.348 e. The van der Waals surface area contributed by atoms with Gasteiger partial charge in [-0.05, 0) is 42.7 Å². The molecule has 2 aromatic rings. The fourth-order valence-electron chi connectivity index (χ4n) is 3.92. The van der Waals surface area contributed by atoms with E-state index in [4.69, 9.17) is 0 Å². The normalized spacial score (nSPS) is 20.2. The molecule has 2 heterocycles. The van der Waals surface area contributed by atoms with Gasteiger partial charge in [-0.2, -0.15) is 0 Å². The first-order chi connectivity index (χ1) is 13.2. The first-order valence-electron chi connectivity index (χ1n) is 9.66. The van der Waals surface area contributed by atoms with Crippen molar-refractivity contribution in [1.82, 2.24) is 10.2 Å². The standard InChI is InChI=1S/C22H25N3O2/c26-21-7-4-13-25(21)20-10-8-18(9-11-20)22(27)23-19-12-14-24(16-19)15-17-5-2-1-3-6-17/h1-3,5-6,8-11,19H,4,7,12-16H2,(H,23,27)/t19-/m1/s1. The average Bonchev–Trinajstić information content (AvgIpc) is 3.31. The zero-order valence-corrected chi connectivity index (χ0v) is 15.4. The molecule has 5 heteroatoms. The molecule has 0 spiro atoms. The topological polar surface area (TPSA) is 52.7 Å². The van der Waals surface area contributed by atoms with Crippen molar-refractivity contribution in [3.63, 3.8) is 0 Å². The molecule has 0 aliphatic carbocycles. The Morgan fingerprint density at radius 3 is 2.52 bits per heavy atom. The highest BCUT2D eigenvalue weighted by molar-refractivity contribution is 5.97.